The average Bonchev–Trinajstić information content (AvgIpc) is 2.67. The van der Waals surface area contributed by atoms with Gasteiger partial charge in [0, 0.05) is 22.6 Å². The van der Waals surface area contributed by atoms with Crippen molar-refractivity contribution in [1.29, 1.82) is 0 Å². The Hall–Kier alpha value is -1.62. The lowest BCUT2D eigenvalue weighted by atomic mass is 9.91. The molecule has 1 heterocycles. The molecule has 0 radical (unpaired) electrons. The molecule has 1 unspecified atom stereocenters. The van der Waals surface area contributed by atoms with Gasteiger partial charge in [0.15, 0.2) is 0 Å². The van der Waals surface area contributed by atoms with Crippen LogP contribution in [0.3, 0.4) is 0 Å². The number of carbonyl (C=O) groups excluding carboxylic acids is 1. The molecule has 1 fully saturated rings. The molecule has 1 saturated heterocycles. The van der Waals surface area contributed by atoms with Gasteiger partial charge in [-0.25, -0.2) is 4.79 Å². The van der Waals surface area contributed by atoms with Crippen molar-refractivity contribution >= 4 is 46.6 Å². The lowest BCUT2D eigenvalue weighted by Gasteiger charge is -2.41. The molecule has 0 saturated carbocycles. The third-order valence-corrected chi connectivity index (χ3v) is 5.74. The molecule has 156 valence electrons. The number of benzene rings is 2. The normalized spacial score (nSPS) is 19.3. The van der Waals surface area contributed by atoms with E-state index in [0.717, 1.165) is 30.6 Å². The van der Waals surface area contributed by atoms with Crippen LogP contribution in [0.25, 0.3) is 0 Å². The van der Waals surface area contributed by atoms with E-state index in [0.29, 0.717) is 27.6 Å². The fourth-order valence-corrected chi connectivity index (χ4v) is 4.19. The van der Waals surface area contributed by atoms with Crippen LogP contribution < -0.4 is 10.2 Å². The highest BCUT2D eigenvalue weighted by molar-refractivity contribution is 6.36. The van der Waals surface area contributed by atoms with Crippen molar-refractivity contribution in [2.45, 2.75) is 38.8 Å². The highest BCUT2D eigenvalue weighted by atomic mass is 35.5. The van der Waals surface area contributed by atoms with Crippen LogP contribution in [0.4, 0.5) is 10.5 Å². The number of hydrogen-bond donors (Lipinski definition) is 1. The van der Waals surface area contributed by atoms with E-state index < -0.39 is 0 Å². The molecule has 7 heteroatoms. The third-order valence-electron chi connectivity index (χ3n) is 4.95. The van der Waals surface area contributed by atoms with Crippen molar-refractivity contribution in [2.24, 2.45) is 5.92 Å². The zero-order valence-corrected chi connectivity index (χ0v) is 18.8. The maximum atomic E-state index is 12.1. The van der Waals surface area contributed by atoms with E-state index in [1.807, 2.05) is 50.2 Å². The number of alkyl carbamates (subject to hydrolysis) is 1. The first-order chi connectivity index (χ1) is 13.8. The molecule has 0 aromatic heterocycles. The van der Waals surface area contributed by atoms with Crippen LogP contribution >= 0.6 is 34.8 Å². The van der Waals surface area contributed by atoms with Crippen molar-refractivity contribution in [3.05, 3.63) is 63.1 Å². The van der Waals surface area contributed by atoms with Gasteiger partial charge in [-0.2, -0.15) is 0 Å². The van der Waals surface area contributed by atoms with E-state index in [1.54, 1.807) is 6.07 Å². The molecule has 3 rings (SSSR count). The summed E-state index contributed by atoms with van der Waals surface area (Å²) in [6, 6.07) is 13.4. The maximum absolute atomic E-state index is 12.1. The number of piperidine rings is 1. The molecular formula is C22H25Cl3N2O2. The Bertz CT molecular complexity index is 842. The zero-order valence-electron chi connectivity index (χ0n) is 16.5. The van der Waals surface area contributed by atoms with E-state index >= 15 is 0 Å². The highest BCUT2D eigenvalue weighted by Gasteiger charge is 2.32. The molecule has 0 spiro atoms. The van der Waals surface area contributed by atoms with E-state index in [-0.39, 0.29) is 18.2 Å². The maximum Gasteiger partial charge on any atom is 0.407 e. The topological polar surface area (TPSA) is 41.6 Å². The van der Waals surface area contributed by atoms with Crippen LogP contribution in [-0.2, 0) is 4.74 Å². The largest absolute Gasteiger partial charge is 0.449 e. The number of nitrogens with zero attached hydrogens (tertiary/aromatic N) is 1. The van der Waals surface area contributed by atoms with Gasteiger partial charge in [-0.05, 0) is 54.7 Å². The van der Waals surface area contributed by atoms with E-state index in [9.17, 15) is 4.79 Å². The number of carbonyl (C=O) groups is 1. The second kappa shape index (κ2) is 9.92. The summed E-state index contributed by atoms with van der Waals surface area (Å²) in [6.45, 7) is 5.17. The van der Waals surface area contributed by atoms with E-state index in [4.69, 9.17) is 39.5 Å². The Balaban J connectivity index is 1.81. The molecule has 1 aliphatic rings. The SMILES string of the molecule is CC(C)COC(=O)N[C@@H]1CCN(c2ccc(Cl)cc2Cl)C(c2ccc(Cl)cc2)C1. The average molecular weight is 456 g/mol. The van der Waals surface area contributed by atoms with Gasteiger partial charge in [-0.3, -0.25) is 0 Å². The third kappa shape index (κ3) is 5.94. The first-order valence-corrected chi connectivity index (χ1v) is 10.9. The molecule has 1 N–H and O–H groups in total. The summed E-state index contributed by atoms with van der Waals surface area (Å²) in [4.78, 5) is 14.4. The van der Waals surface area contributed by atoms with Gasteiger partial charge in [0.1, 0.15) is 0 Å². The van der Waals surface area contributed by atoms with Gasteiger partial charge in [0.25, 0.3) is 0 Å². The molecule has 4 nitrogen and oxygen atoms in total. The van der Waals surface area contributed by atoms with Gasteiger partial charge in [-0.1, -0.05) is 60.8 Å². The molecule has 2 atom stereocenters. The predicted molar refractivity (Wildman–Crippen MR) is 120 cm³/mol. The van der Waals surface area contributed by atoms with Crippen LogP contribution in [0, 0.1) is 5.92 Å². The van der Waals surface area contributed by atoms with Crippen LogP contribution in [0.1, 0.15) is 38.3 Å². The first kappa shape index (κ1) is 22.1. The lowest BCUT2D eigenvalue weighted by Crippen LogP contribution is -2.46. The van der Waals surface area contributed by atoms with Crippen molar-refractivity contribution in [2.75, 3.05) is 18.1 Å². The minimum Gasteiger partial charge on any atom is -0.449 e. The monoisotopic (exact) mass is 454 g/mol. The standard InChI is InChI=1S/C22H25Cl3N2O2/c1-14(2)13-29-22(28)26-18-9-10-27(20-8-7-17(24)11-19(20)25)21(12-18)15-3-5-16(23)6-4-15/h3-8,11,14,18,21H,9-10,12-13H2,1-2H3,(H,26,28)/t18-,21?/m1/s1. The Labute approximate surface area is 187 Å². The fraction of sp³-hybridized carbons (Fsp3) is 0.409. The molecule has 1 aliphatic heterocycles. The minimum absolute atomic E-state index is 0.0117. The number of ether oxygens (including phenoxy) is 1. The Morgan fingerprint density at radius 3 is 2.48 bits per heavy atom. The number of halogens is 3. The Morgan fingerprint density at radius 1 is 1.14 bits per heavy atom. The number of amides is 1. The van der Waals surface area contributed by atoms with Gasteiger partial charge in [0.2, 0.25) is 0 Å². The van der Waals surface area contributed by atoms with Gasteiger partial charge in [0.05, 0.1) is 23.4 Å². The van der Waals surface area contributed by atoms with Crippen LogP contribution in [0.15, 0.2) is 42.5 Å². The van der Waals surface area contributed by atoms with Crippen molar-refractivity contribution < 1.29 is 9.53 Å². The summed E-state index contributed by atoms with van der Waals surface area (Å²) < 4.78 is 5.29. The molecule has 2 aromatic carbocycles. The van der Waals surface area contributed by atoms with Crippen LogP contribution in [0.2, 0.25) is 15.1 Å². The van der Waals surface area contributed by atoms with Crippen LogP contribution in [0.5, 0.6) is 0 Å². The quantitative estimate of drug-likeness (QED) is 0.543. The molecule has 0 bridgehead atoms. The first-order valence-electron chi connectivity index (χ1n) is 9.74. The van der Waals surface area contributed by atoms with Crippen molar-refractivity contribution in [3.63, 3.8) is 0 Å². The number of hydrogen-bond acceptors (Lipinski definition) is 3. The smallest absolute Gasteiger partial charge is 0.407 e. The predicted octanol–water partition coefficient (Wildman–Crippen LogP) is 6.74. The van der Waals surface area contributed by atoms with E-state index in [2.05, 4.69) is 10.2 Å². The highest BCUT2D eigenvalue weighted by Crippen LogP contribution is 2.39. The van der Waals surface area contributed by atoms with Crippen LogP contribution in [-0.4, -0.2) is 25.3 Å². The lowest BCUT2D eigenvalue weighted by molar-refractivity contribution is 0.127. The molecule has 29 heavy (non-hydrogen) atoms. The fourth-order valence-electron chi connectivity index (χ4n) is 3.55. The second-order valence-electron chi connectivity index (χ2n) is 7.71. The summed E-state index contributed by atoms with van der Waals surface area (Å²) in [5.74, 6) is 0.302. The molecule has 1 amide bonds. The Morgan fingerprint density at radius 2 is 1.83 bits per heavy atom. The summed E-state index contributed by atoms with van der Waals surface area (Å²) in [7, 11) is 0. The molecule has 0 aliphatic carbocycles. The van der Waals surface area contributed by atoms with Gasteiger partial charge in [-0.15, -0.1) is 0 Å². The van der Waals surface area contributed by atoms with Crippen molar-refractivity contribution in [1.82, 2.24) is 5.32 Å². The number of rotatable bonds is 5. The number of nitrogens with one attached hydrogen (secondary N) is 1. The van der Waals surface area contributed by atoms with E-state index in [1.165, 1.54) is 0 Å². The number of anilines is 1. The summed E-state index contributed by atoms with van der Waals surface area (Å²) in [5, 5.41) is 4.91. The minimum atomic E-state index is -0.364. The zero-order chi connectivity index (χ0) is 21.0. The molecule has 2 aromatic rings. The van der Waals surface area contributed by atoms with Gasteiger partial charge < -0.3 is 15.0 Å². The van der Waals surface area contributed by atoms with Crippen molar-refractivity contribution in [3.8, 4) is 0 Å². The molecular weight excluding hydrogens is 431 g/mol. The van der Waals surface area contributed by atoms with Gasteiger partial charge >= 0.3 is 6.09 Å². The summed E-state index contributed by atoms with van der Waals surface area (Å²) >= 11 is 18.7. The summed E-state index contributed by atoms with van der Waals surface area (Å²) in [6.07, 6.45) is 1.16. The Kier molecular flexibility index (Phi) is 7.55. The summed E-state index contributed by atoms with van der Waals surface area (Å²) in [5.41, 5.74) is 2.04. The second-order valence-corrected chi connectivity index (χ2v) is 8.99.